The van der Waals surface area contributed by atoms with Crippen molar-refractivity contribution >= 4 is 39.7 Å². The number of aromatic nitrogens is 1. The lowest BCUT2D eigenvalue weighted by atomic mass is 10.5. The highest BCUT2D eigenvalue weighted by molar-refractivity contribution is 7.86. The summed E-state index contributed by atoms with van der Waals surface area (Å²) < 4.78 is 28.5. The first-order chi connectivity index (χ1) is 15.4. The Morgan fingerprint density at radius 2 is 1.97 bits per heavy atom. The van der Waals surface area contributed by atoms with Gasteiger partial charge in [0, 0.05) is 44.3 Å². The van der Waals surface area contributed by atoms with Crippen LogP contribution in [0.5, 0.6) is 0 Å². The van der Waals surface area contributed by atoms with Crippen LogP contribution in [0.4, 0.5) is 0 Å². The van der Waals surface area contributed by atoms with E-state index in [1.807, 2.05) is 0 Å². The lowest BCUT2D eigenvalue weighted by Crippen LogP contribution is -2.49. The number of ether oxygens (including phenoxy) is 3. The zero-order valence-corrected chi connectivity index (χ0v) is 19.9. The summed E-state index contributed by atoms with van der Waals surface area (Å²) in [6.07, 6.45) is 1.63. The first-order valence-corrected chi connectivity index (χ1v) is 12.3. The van der Waals surface area contributed by atoms with E-state index < -0.39 is 15.8 Å². The zero-order chi connectivity index (χ0) is 22.9. The van der Waals surface area contributed by atoms with Gasteiger partial charge in [0.15, 0.2) is 9.50 Å². The molecule has 4 heterocycles. The SMILES string of the molecule is CN1COCN(Cc2cnc(Cl)s2)/C1=N/[N+](=O)[O-].O=S(C1CNCCO1)C1CNCCO1. The standard InChI is InChI=1S/C8H10ClN5O3S.C8H16N2O3S/c1-12-4-17-5-13(8(12)11-14(15)16)3-6-2-10-7(9)18-6;11-14(7-5-9-1-3-12-7)8-6-10-2-4-13-8/h2H,3-5H2,1H3;7-10H,1-6H2/b11-8+;. The Morgan fingerprint density at radius 1 is 1.31 bits per heavy atom. The van der Waals surface area contributed by atoms with Crippen LogP contribution in [0.25, 0.3) is 0 Å². The van der Waals surface area contributed by atoms with Gasteiger partial charge in [-0.3, -0.25) is 4.21 Å². The van der Waals surface area contributed by atoms with Gasteiger partial charge in [0.2, 0.25) is 0 Å². The van der Waals surface area contributed by atoms with Crippen LogP contribution >= 0.6 is 22.9 Å². The fourth-order valence-electron chi connectivity index (χ4n) is 3.07. The second kappa shape index (κ2) is 12.7. The van der Waals surface area contributed by atoms with Gasteiger partial charge in [0.1, 0.15) is 29.4 Å². The van der Waals surface area contributed by atoms with E-state index in [1.165, 1.54) is 11.3 Å². The maximum atomic E-state index is 11.9. The summed E-state index contributed by atoms with van der Waals surface area (Å²) in [5.74, 6) is 0.260. The Morgan fingerprint density at radius 3 is 2.47 bits per heavy atom. The summed E-state index contributed by atoms with van der Waals surface area (Å²) in [5, 5.41) is 19.5. The van der Waals surface area contributed by atoms with Crippen molar-refractivity contribution < 1.29 is 23.5 Å². The van der Waals surface area contributed by atoms with Crippen LogP contribution in [0.3, 0.4) is 0 Å². The number of nitrogens with zero attached hydrogens (tertiary/aromatic N) is 5. The van der Waals surface area contributed by atoms with Crippen molar-refractivity contribution in [2.45, 2.75) is 17.4 Å². The van der Waals surface area contributed by atoms with Crippen molar-refractivity contribution in [2.24, 2.45) is 5.10 Å². The highest BCUT2D eigenvalue weighted by atomic mass is 35.5. The number of hydrazone groups is 1. The number of nitro groups is 1. The van der Waals surface area contributed by atoms with Gasteiger partial charge in [-0.25, -0.2) is 15.1 Å². The Labute approximate surface area is 196 Å². The number of halogens is 1. The molecule has 0 aromatic carbocycles. The molecule has 0 aliphatic carbocycles. The van der Waals surface area contributed by atoms with Gasteiger partial charge in [-0.15, -0.1) is 11.3 Å². The predicted molar refractivity (Wildman–Crippen MR) is 119 cm³/mol. The fourth-order valence-corrected chi connectivity index (χ4v) is 5.43. The van der Waals surface area contributed by atoms with E-state index in [2.05, 4.69) is 20.7 Å². The van der Waals surface area contributed by atoms with Crippen LogP contribution in [0.2, 0.25) is 4.47 Å². The smallest absolute Gasteiger partial charge is 0.277 e. The Balaban J connectivity index is 0.000000186. The van der Waals surface area contributed by atoms with E-state index in [-0.39, 0.29) is 30.3 Å². The van der Waals surface area contributed by atoms with E-state index in [1.54, 1.807) is 23.0 Å². The average Bonchev–Trinajstić information content (AvgIpc) is 3.21. The molecule has 0 bridgehead atoms. The van der Waals surface area contributed by atoms with Crippen LogP contribution in [0.15, 0.2) is 11.3 Å². The molecule has 13 nitrogen and oxygen atoms in total. The number of hydrogen-bond donors (Lipinski definition) is 2. The summed E-state index contributed by atoms with van der Waals surface area (Å²) in [7, 11) is 0.612. The van der Waals surface area contributed by atoms with Gasteiger partial charge in [-0.1, -0.05) is 11.6 Å². The molecule has 0 amide bonds. The molecule has 3 aliphatic heterocycles. The first-order valence-electron chi connectivity index (χ1n) is 9.85. The monoisotopic (exact) mass is 511 g/mol. The molecule has 0 spiro atoms. The van der Waals surface area contributed by atoms with Crippen LogP contribution in [-0.4, -0.2) is 101 Å². The second-order valence-electron chi connectivity index (χ2n) is 6.91. The molecular formula is C16H26ClN7O6S2. The third kappa shape index (κ3) is 7.55. The van der Waals surface area contributed by atoms with Gasteiger partial charge in [0.05, 0.1) is 30.6 Å². The first kappa shape index (κ1) is 25.2. The Kier molecular flexibility index (Phi) is 9.98. The van der Waals surface area contributed by atoms with Crippen LogP contribution in [-0.2, 0) is 31.6 Å². The summed E-state index contributed by atoms with van der Waals surface area (Å²) >= 11 is 7.05. The van der Waals surface area contributed by atoms with Gasteiger partial charge in [-0.2, -0.15) is 0 Å². The number of rotatable bonds is 5. The number of guanidine groups is 1. The van der Waals surface area contributed by atoms with Crippen LogP contribution in [0, 0.1) is 10.1 Å². The quantitative estimate of drug-likeness (QED) is 0.395. The summed E-state index contributed by atoms with van der Waals surface area (Å²) in [6, 6.07) is 0. The topological polar surface area (TPSA) is 144 Å². The third-order valence-electron chi connectivity index (χ3n) is 4.50. The Hall–Kier alpha value is -1.46. The lowest BCUT2D eigenvalue weighted by Gasteiger charge is -2.34. The van der Waals surface area contributed by atoms with E-state index in [4.69, 9.17) is 25.8 Å². The molecule has 2 atom stereocenters. The van der Waals surface area contributed by atoms with Crippen LogP contribution in [0.1, 0.15) is 4.88 Å². The van der Waals surface area contributed by atoms with Crippen molar-refractivity contribution in [3.63, 3.8) is 0 Å². The minimum atomic E-state index is -1.06. The van der Waals surface area contributed by atoms with Gasteiger partial charge >= 0.3 is 0 Å². The maximum Gasteiger partial charge on any atom is 0.277 e. The summed E-state index contributed by atoms with van der Waals surface area (Å²) in [6.45, 7) is 5.21. The highest BCUT2D eigenvalue weighted by Crippen LogP contribution is 2.20. The molecular weight excluding hydrogens is 486 g/mol. The van der Waals surface area contributed by atoms with Gasteiger partial charge in [0.25, 0.3) is 5.96 Å². The molecule has 3 saturated heterocycles. The molecule has 2 N–H and O–H groups in total. The normalized spacial score (nSPS) is 26.4. The molecule has 0 saturated carbocycles. The zero-order valence-electron chi connectivity index (χ0n) is 17.5. The van der Waals surface area contributed by atoms with Crippen LogP contribution < -0.4 is 10.6 Å². The minimum Gasteiger partial charge on any atom is -0.362 e. The number of nitrogens with one attached hydrogen (secondary N) is 2. The van der Waals surface area contributed by atoms with Crippen molar-refractivity contribution in [3.8, 4) is 0 Å². The number of hydrogen-bond acceptors (Lipinski definition) is 10. The van der Waals surface area contributed by atoms with Gasteiger partial charge < -0.3 is 34.6 Å². The number of thiazole rings is 1. The fraction of sp³-hybridized carbons (Fsp3) is 0.750. The van der Waals surface area contributed by atoms with Crippen molar-refractivity contribution in [3.05, 3.63) is 25.7 Å². The largest absolute Gasteiger partial charge is 0.362 e. The summed E-state index contributed by atoms with van der Waals surface area (Å²) in [5.41, 5.74) is -0.428. The van der Waals surface area contributed by atoms with E-state index >= 15 is 0 Å². The lowest BCUT2D eigenvalue weighted by molar-refractivity contribution is -0.486. The molecule has 180 valence electrons. The molecule has 1 aromatic heterocycles. The van der Waals surface area contributed by atoms with E-state index in [0.29, 0.717) is 37.3 Å². The average molecular weight is 512 g/mol. The minimum absolute atomic E-state index is 0.214. The number of morpholine rings is 2. The van der Waals surface area contributed by atoms with Gasteiger partial charge in [-0.05, 0) is 0 Å². The molecule has 3 fully saturated rings. The maximum absolute atomic E-state index is 11.9. The van der Waals surface area contributed by atoms with E-state index in [0.717, 1.165) is 18.0 Å². The van der Waals surface area contributed by atoms with Crippen molar-refractivity contribution in [1.82, 2.24) is 25.4 Å². The van der Waals surface area contributed by atoms with Crippen molar-refractivity contribution in [1.29, 1.82) is 0 Å². The predicted octanol–water partition coefficient (Wildman–Crippen LogP) is -0.350. The molecule has 3 aliphatic rings. The van der Waals surface area contributed by atoms with Crippen molar-refractivity contribution in [2.75, 3.05) is 59.9 Å². The molecule has 16 heteroatoms. The summed E-state index contributed by atoms with van der Waals surface area (Å²) in [4.78, 5) is 18.5. The van der Waals surface area contributed by atoms with E-state index in [9.17, 15) is 14.3 Å². The molecule has 4 rings (SSSR count). The highest BCUT2D eigenvalue weighted by Gasteiger charge is 2.29. The molecule has 32 heavy (non-hydrogen) atoms. The Bertz CT molecular complexity index is 784. The second-order valence-corrected chi connectivity index (χ2v) is 10.3. The molecule has 1 aromatic rings. The molecule has 2 unspecified atom stereocenters. The third-order valence-corrected chi connectivity index (χ3v) is 7.25. The molecule has 0 radical (unpaired) electrons.